The van der Waals surface area contributed by atoms with Gasteiger partial charge in [-0.2, -0.15) is 8.42 Å². The van der Waals surface area contributed by atoms with Crippen molar-refractivity contribution >= 4 is 86.4 Å². The van der Waals surface area contributed by atoms with Crippen LogP contribution in [0.1, 0.15) is 88.8 Å². The average molecular weight is 1170 g/mol. The first kappa shape index (κ1) is 68.5. The van der Waals surface area contributed by atoms with Crippen LogP contribution in [0.5, 0.6) is 5.75 Å². The zero-order valence-electron chi connectivity index (χ0n) is 45.6. The number of hydrogen-bond donors (Lipinski definition) is 12. The summed E-state index contributed by atoms with van der Waals surface area (Å²) >= 11 is 0. The van der Waals surface area contributed by atoms with Gasteiger partial charge in [0.25, 0.3) is 0 Å². The number of unbranched alkanes of at least 4 members (excludes halogenated alkanes) is 2. The Morgan fingerprint density at radius 3 is 1.67 bits per heavy atom. The number of carboxylic acid groups (broad SMARTS) is 2. The molecule has 0 radical (unpaired) electrons. The maximum atomic E-state index is 14.3. The van der Waals surface area contributed by atoms with Crippen molar-refractivity contribution in [1.29, 1.82) is 0 Å². The van der Waals surface area contributed by atoms with E-state index < -0.39 is 144 Å². The number of aliphatic carboxylic acids is 2. The van der Waals surface area contributed by atoms with Crippen LogP contribution in [0.3, 0.4) is 0 Å². The summed E-state index contributed by atoms with van der Waals surface area (Å²) in [5, 5.41) is 41.3. The van der Waals surface area contributed by atoms with E-state index in [2.05, 4.69) is 51.7 Å². The van der Waals surface area contributed by atoms with E-state index in [1.807, 2.05) is 6.92 Å². The molecule has 1 aromatic heterocycles. The standard InChI is InChI=1S/C53H68N10O17S.Na/c1-4-6-16-36(54)47(70)56-29-44(65)58-41(25-33-28-55-37-18-12-11-15-35(33)37)49(72)59-38(17-7-5-2)48(71)62-43(27-46(68)69)51(74)61-39(23-31-13-9-8-10-14-31)52(75)63-53(76)40(60-50(73)42(26-45(66)67)57-30(3)64)24-32-19-21-34(22-20-32)80-81(77,78)79;/h8-15,18-22,28,36,38-43,55H,4-7,16-17,23-27,29,54H2,1-3H3,(H,56,70)(H,57,64)(H,58,65)(H,59,72)(H,60,73)(H,61,74)(H,62,71)(H,66,67)(H,68,69)(H,63,75,76)(H,77,78,79);/q;+1/p-1/t36-,38-,39-,40-,41-,42-,43-;/m0./s1. The minimum Gasteiger partial charge on any atom is -0.550 e. The molecule has 82 heavy (non-hydrogen) atoms. The third-order valence-corrected chi connectivity index (χ3v) is 12.7. The summed E-state index contributed by atoms with van der Waals surface area (Å²) in [6, 6.07) is 8.66. The third-order valence-electron chi connectivity index (χ3n) is 12.3. The Labute approximate surface area is 494 Å². The predicted molar refractivity (Wildman–Crippen MR) is 287 cm³/mol. The van der Waals surface area contributed by atoms with E-state index >= 15 is 0 Å². The number of carboxylic acids is 2. The average Bonchev–Trinajstić information content (AvgIpc) is 3.81. The van der Waals surface area contributed by atoms with Gasteiger partial charge in [-0.05, 0) is 47.7 Å². The second-order valence-electron chi connectivity index (χ2n) is 18.9. The number of imide groups is 1. The van der Waals surface area contributed by atoms with Crippen LogP contribution >= 0.6 is 0 Å². The smallest absolute Gasteiger partial charge is 0.550 e. The normalized spacial score (nSPS) is 13.6. The van der Waals surface area contributed by atoms with Gasteiger partial charge in [0.1, 0.15) is 42.0 Å². The van der Waals surface area contributed by atoms with Crippen molar-refractivity contribution in [2.45, 2.75) is 134 Å². The summed E-state index contributed by atoms with van der Waals surface area (Å²) in [6.45, 7) is 4.17. The number of nitrogens with two attached hydrogens (primary N) is 1. The molecule has 7 atom stereocenters. The number of hydrogen-bond acceptors (Lipinski definition) is 16. The van der Waals surface area contributed by atoms with Crippen LogP contribution < -0.4 is 87.1 Å². The zero-order valence-corrected chi connectivity index (χ0v) is 48.4. The van der Waals surface area contributed by atoms with Crippen LogP contribution in [0.4, 0.5) is 0 Å². The van der Waals surface area contributed by atoms with Crippen molar-refractivity contribution in [3.8, 4) is 5.75 Å². The van der Waals surface area contributed by atoms with Crippen molar-refractivity contribution in [2.24, 2.45) is 5.73 Å². The first-order valence-corrected chi connectivity index (χ1v) is 27.1. The van der Waals surface area contributed by atoms with E-state index in [1.165, 1.54) is 12.1 Å². The zero-order chi connectivity index (χ0) is 59.8. The quantitative estimate of drug-likeness (QED) is 0.0158. The third kappa shape index (κ3) is 23.8. The molecule has 0 spiro atoms. The summed E-state index contributed by atoms with van der Waals surface area (Å²) in [5.41, 5.74) is 7.84. The van der Waals surface area contributed by atoms with Gasteiger partial charge in [-0.15, -0.1) is 0 Å². The molecule has 438 valence electrons. The topological polar surface area (TPSA) is 433 Å². The van der Waals surface area contributed by atoms with Gasteiger partial charge in [-0.3, -0.25) is 57.8 Å². The number of nitrogens with one attached hydrogen (secondary N) is 9. The Morgan fingerprint density at radius 1 is 0.610 bits per heavy atom. The number of rotatable bonds is 33. The first-order chi connectivity index (χ1) is 38.3. The van der Waals surface area contributed by atoms with Gasteiger partial charge in [-0.1, -0.05) is 100 Å². The summed E-state index contributed by atoms with van der Waals surface area (Å²) in [4.78, 5) is 149. The molecular formula is C53H67N10NaO17S. The first-order valence-electron chi connectivity index (χ1n) is 25.8. The molecule has 0 aliphatic carbocycles. The fourth-order valence-electron chi connectivity index (χ4n) is 8.20. The van der Waals surface area contributed by atoms with Crippen LogP contribution in [-0.4, -0.2) is 137 Å². The van der Waals surface area contributed by atoms with E-state index in [9.17, 15) is 71.4 Å². The number of aromatic amines is 1. The molecule has 3 aromatic carbocycles. The maximum Gasteiger partial charge on any atom is 1.00 e. The number of para-hydroxylation sites is 1. The van der Waals surface area contributed by atoms with Crippen molar-refractivity contribution < 1.29 is 110 Å². The Kier molecular flexibility index (Phi) is 28.3. The van der Waals surface area contributed by atoms with Gasteiger partial charge in [0.2, 0.25) is 53.2 Å². The van der Waals surface area contributed by atoms with Gasteiger partial charge < -0.3 is 67.1 Å². The van der Waals surface area contributed by atoms with Gasteiger partial charge in [-0.25, -0.2) is 0 Å². The number of fused-ring (bicyclic) bond motifs is 1. The van der Waals surface area contributed by atoms with Crippen LogP contribution in [0, 0.1) is 0 Å². The Morgan fingerprint density at radius 2 is 1.11 bits per heavy atom. The predicted octanol–water partition coefficient (Wildman–Crippen LogP) is -4.61. The van der Waals surface area contributed by atoms with Gasteiger partial charge in [0.15, 0.2) is 0 Å². The van der Waals surface area contributed by atoms with E-state index in [1.54, 1.807) is 67.7 Å². The molecule has 13 N–H and O–H groups in total. The van der Waals surface area contributed by atoms with Crippen LogP contribution in [-0.2, 0) is 82.4 Å². The van der Waals surface area contributed by atoms with Crippen molar-refractivity contribution in [3.05, 3.63) is 102 Å². The molecule has 4 aromatic rings. The summed E-state index contributed by atoms with van der Waals surface area (Å²) < 4.78 is 36.0. The minimum absolute atomic E-state index is 0. The molecule has 0 bridgehead atoms. The summed E-state index contributed by atoms with van der Waals surface area (Å²) in [7, 11) is -4.94. The van der Waals surface area contributed by atoms with Gasteiger partial charge in [0, 0.05) is 55.7 Å². The second kappa shape index (κ2) is 33.9. The number of H-pyrrole nitrogens is 1. The van der Waals surface area contributed by atoms with E-state index in [0.29, 0.717) is 36.8 Å². The van der Waals surface area contributed by atoms with Gasteiger partial charge in [0.05, 0.1) is 19.0 Å². The Balaban J connectivity index is 0.0000176. The molecular weight excluding hydrogens is 1100 g/mol. The molecule has 0 saturated carbocycles. The summed E-state index contributed by atoms with van der Waals surface area (Å²) in [5.74, 6) is -12.8. The summed E-state index contributed by atoms with van der Waals surface area (Å²) in [6.07, 6.45) is 1.12. The van der Waals surface area contributed by atoms with E-state index in [4.69, 9.17) is 10.3 Å². The molecule has 1 heterocycles. The molecule has 4 rings (SSSR count). The molecule has 0 unspecified atom stereocenters. The number of carbonyl (C=O) groups is 11. The second-order valence-corrected chi connectivity index (χ2v) is 19.9. The molecule has 0 aliphatic rings. The largest absolute Gasteiger partial charge is 1.00 e. The molecule has 9 amide bonds. The monoisotopic (exact) mass is 1170 g/mol. The molecule has 0 saturated heterocycles. The number of amides is 9. The SMILES string of the molecule is CCCC[C@H](NC(=O)[C@H](Cc1c[nH]c2ccccc12)NC(=O)CNC(=O)[C@@H](N)CCCC)C(=O)N[C@@H](CC(=O)[O-])C(=O)N[C@@H](Cc1ccccc1)C(=O)NC(=O)[C@H](Cc1ccc(OS(=O)(=O)O)cc1)NC(=O)[C@H](CC(=O)O)NC(C)=O.[Na+]. The van der Waals surface area contributed by atoms with Crippen LogP contribution in [0.25, 0.3) is 10.9 Å². The van der Waals surface area contributed by atoms with Crippen molar-refractivity contribution in [1.82, 2.24) is 47.5 Å². The Hall–Kier alpha value is -7.76. The molecule has 27 nitrogen and oxygen atoms in total. The maximum absolute atomic E-state index is 14.3. The molecule has 0 aliphatic heterocycles. The van der Waals surface area contributed by atoms with Crippen molar-refractivity contribution in [3.63, 3.8) is 0 Å². The number of carbonyl (C=O) groups excluding carboxylic acids is 10. The fraction of sp³-hybridized carbons (Fsp3) is 0.415. The minimum atomic E-state index is -4.94. The fourth-order valence-corrected chi connectivity index (χ4v) is 8.56. The van der Waals surface area contributed by atoms with Crippen LogP contribution in [0.2, 0.25) is 0 Å². The van der Waals surface area contributed by atoms with E-state index in [-0.39, 0.29) is 60.1 Å². The Bertz CT molecular complexity index is 2980. The van der Waals surface area contributed by atoms with Gasteiger partial charge >= 0.3 is 45.9 Å². The van der Waals surface area contributed by atoms with E-state index in [0.717, 1.165) is 36.4 Å². The van der Waals surface area contributed by atoms with Crippen molar-refractivity contribution in [2.75, 3.05) is 6.54 Å². The molecule has 29 heteroatoms. The van der Waals surface area contributed by atoms with Crippen LogP contribution in [0.15, 0.2) is 85.1 Å². The number of aromatic nitrogens is 1. The number of benzene rings is 3. The molecule has 0 fully saturated rings.